The molecule has 0 aromatic carbocycles. The summed E-state index contributed by atoms with van der Waals surface area (Å²) in [5, 5.41) is 0. The lowest BCUT2D eigenvalue weighted by Crippen LogP contribution is -2.51. The van der Waals surface area contributed by atoms with Crippen LogP contribution in [0.2, 0.25) is 0 Å². The summed E-state index contributed by atoms with van der Waals surface area (Å²) in [4.78, 5) is 27.3. The molecule has 1 aromatic heterocycles. The van der Waals surface area contributed by atoms with E-state index in [-0.39, 0.29) is 17.7 Å². The molecular weight excluding hydrogens is 232 g/mol. The van der Waals surface area contributed by atoms with E-state index >= 15 is 0 Å². The van der Waals surface area contributed by atoms with Crippen molar-refractivity contribution in [2.24, 2.45) is 5.92 Å². The quantitative estimate of drug-likeness (QED) is 0.793. The van der Waals surface area contributed by atoms with Crippen LogP contribution in [0.5, 0.6) is 0 Å². The molecule has 5 heteroatoms. The molecule has 1 aliphatic heterocycles. The second-order valence-electron chi connectivity index (χ2n) is 4.75. The largest absolute Gasteiger partial charge is 0.459 e. The van der Waals surface area contributed by atoms with E-state index < -0.39 is 0 Å². The Balaban J connectivity index is 1.91. The zero-order chi connectivity index (χ0) is 13.1. The first-order valence-electron chi connectivity index (χ1n) is 6.21. The molecule has 0 bridgehead atoms. The molecule has 1 aromatic rings. The molecule has 2 rings (SSSR count). The minimum absolute atomic E-state index is 0.0114. The number of hydrogen-bond donors (Lipinski definition) is 0. The fourth-order valence-electron chi connectivity index (χ4n) is 2.05. The number of furan rings is 1. The summed E-state index contributed by atoms with van der Waals surface area (Å²) in [5.41, 5.74) is 0. The summed E-state index contributed by atoms with van der Waals surface area (Å²) in [6, 6.07) is 3.36. The molecule has 2 amide bonds. The number of carbonyl (C=O) groups excluding carboxylic acids is 2. The molecule has 0 N–H and O–H groups in total. The molecule has 0 radical (unpaired) electrons. The van der Waals surface area contributed by atoms with E-state index in [4.69, 9.17) is 4.42 Å². The first-order chi connectivity index (χ1) is 8.59. The second kappa shape index (κ2) is 5.25. The third-order valence-corrected chi connectivity index (χ3v) is 3.10. The van der Waals surface area contributed by atoms with Gasteiger partial charge >= 0.3 is 0 Å². The number of hydrogen-bond acceptors (Lipinski definition) is 3. The van der Waals surface area contributed by atoms with Crippen LogP contribution in [0, 0.1) is 5.92 Å². The Morgan fingerprint density at radius 2 is 1.78 bits per heavy atom. The third kappa shape index (κ3) is 2.55. The van der Waals surface area contributed by atoms with Gasteiger partial charge in [0.1, 0.15) is 0 Å². The van der Waals surface area contributed by atoms with Crippen molar-refractivity contribution in [2.75, 3.05) is 26.2 Å². The van der Waals surface area contributed by atoms with Crippen molar-refractivity contribution in [3.8, 4) is 0 Å². The Labute approximate surface area is 106 Å². The number of amides is 2. The van der Waals surface area contributed by atoms with Gasteiger partial charge in [0, 0.05) is 32.1 Å². The van der Waals surface area contributed by atoms with Gasteiger partial charge in [-0.1, -0.05) is 13.8 Å². The lowest BCUT2D eigenvalue weighted by molar-refractivity contribution is -0.135. The fraction of sp³-hybridized carbons (Fsp3) is 0.538. The van der Waals surface area contributed by atoms with Crippen molar-refractivity contribution in [3.05, 3.63) is 24.2 Å². The lowest BCUT2D eigenvalue weighted by atomic mass is 10.1. The van der Waals surface area contributed by atoms with Crippen molar-refractivity contribution in [1.82, 2.24) is 9.80 Å². The van der Waals surface area contributed by atoms with Gasteiger partial charge in [0.25, 0.3) is 5.91 Å². The number of nitrogens with zero attached hydrogens (tertiary/aromatic N) is 2. The molecule has 5 nitrogen and oxygen atoms in total. The molecule has 0 atom stereocenters. The molecule has 0 spiro atoms. The Morgan fingerprint density at radius 1 is 1.17 bits per heavy atom. The zero-order valence-electron chi connectivity index (χ0n) is 10.8. The van der Waals surface area contributed by atoms with Crippen molar-refractivity contribution < 1.29 is 14.0 Å². The van der Waals surface area contributed by atoms with E-state index in [2.05, 4.69) is 0 Å². The first kappa shape index (κ1) is 12.7. The molecule has 0 saturated carbocycles. The van der Waals surface area contributed by atoms with Crippen molar-refractivity contribution in [1.29, 1.82) is 0 Å². The van der Waals surface area contributed by atoms with Gasteiger partial charge in [0.15, 0.2) is 5.76 Å². The second-order valence-corrected chi connectivity index (χ2v) is 4.75. The molecule has 1 aliphatic rings. The molecule has 1 saturated heterocycles. The molecule has 1 fully saturated rings. The Morgan fingerprint density at radius 3 is 2.28 bits per heavy atom. The van der Waals surface area contributed by atoms with Crippen molar-refractivity contribution >= 4 is 11.8 Å². The SMILES string of the molecule is CC(C)C(=O)N1CCN(C(=O)c2ccco2)CC1. The number of rotatable bonds is 2. The van der Waals surface area contributed by atoms with Crippen molar-refractivity contribution in [2.45, 2.75) is 13.8 Å². The molecular formula is C13H18N2O3. The highest BCUT2D eigenvalue weighted by Gasteiger charge is 2.26. The van der Waals surface area contributed by atoms with Gasteiger partial charge in [0.05, 0.1) is 6.26 Å². The van der Waals surface area contributed by atoms with Gasteiger partial charge in [-0.25, -0.2) is 0 Å². The van der Waals surface area contributed by atoms with Crippen LogP contribution in [0.15, 0.2) is 22.8 Å². The van der Waals surface area contributed by atoms with Gasteiger partial charge < -0.3 is 14.2 Å². The highest BCUT2D eigenvalue weighted by Crippen LogP contribution is 2.11. The maximum atomic E-state index is 12.0. The topological polar surface area (TPSA) is 53.8 Å². The molecule has 0 aliphatic carbocycles. The summed E-state index contributed by atoms with van der Waals surface area (Å²) in [6.07, 6.45) is 1.49. The van der Waals surface area contributed by atoms with E-state index in [1.807, 2.05) is 18.7 Å². The first-order valence-corrected chi connectivity index (χ1v) is 6.21. The van der Waals surface area contributed by atoms with Crippen LogP contribution < -0.4 is 0 Å². The highest BCUT2D eigenvalue weighted by molar-refractivity contribution is 5.91. The average molecular weight is 250 g/mol. The predicted octanol–water partition coefficient (Wildman–Crippen LogP) is 1.22. The monoisotopic (exact) mass is 250 g/mol. The minimum Gasteiger partial charge on any atom is -0.459 e. The summed E-state index contributed by atoms with van der Waals surface area (Å²) in [6.45, 7) is 6.12. The van der Waals surface area contributed by atoms with Crippen LogP contribution in [0.25, 0.3) is 0 Å². The Kier molecular flexibility index (Phi) is 3.69. The van der Waals surface area contributed by atoms with Gasteiger partial charge in [-0.15, -0.1) is 0 Å². The molecule has 0 unspecified atom stereocenters. The summed E-state index contributed by atoms with van der Waals surface area (Å²) < 4.78 is 5.09. The van der Waals surface area contributed by atoms with Crippen LogP contribution in [0.3, 0.4) is 0 Å². The average Bonchev–Trinajstić information content (AvgIpc) is 2.91. The summed E-state index contributed by atoms with van der Waals surface area (Å²) in [7, 11) is 0. The standard InChI is InChI=1S/C13H18N2O3/c1-10(2)12(16)14-5-7-15(8-6-14)13(17)11-4-3-9-18-11/h3-4,9-10H,5-8H2,1-2H3. The van der Waals surface area contributed by atoms with Crippen LogP contribution in [-0.2, 0) is 4.79 Å². The molecule has 98 valence electrons. The fourth-order valence-corrected chi connectivity index (χ4v) is 2.05. The number of carbonyl (C=O) groups is 2. The molecule has 18 heavy (non-hydrogen) atoms. The van der Waals surface area contributed by atoms with E-state index in [1.165, 1.54) is 6.26 Å². The number of piperazine rings is 1. The Bertz CT molecular complexity index is 417. The van der Waals surface area contributed by atoms with E-state index in [9.17, 15) is 9.59 Å². The normalized spacial score (nSPS) is 16.2. The van der Waals surface area contributed by atoms with E-state index in [1.54, 1.807) is 17.0 Å². The lowest BCUT2D eigenvalue weighted by Gasteiger charge is -2.35. The highest BCUT2D eigenvalue weighted by atomic mass is 16.3. The van der Waals surface area contributed by atoms with Gasteiger partial charge in [0.2, 0.25) is 5.91 Å². The third-order valence-electron chi connectivity index (χ3n) is 3.10. The van der Waals surface area contributed by atoms with Crippen molar-refractivity contribution in [3.63, 3.8) is 0 Å². The van der Waals surface area contributed by atoms with Gasteiger partial charge in [-0.05, 0) is 12.1 Å². The minimum atomic E-state index is -0.100. The summed E-state index contributed by atoms with van der Waals surface area (Å²) >= 11 is 0. The van der Waals surface area contributed by atoms with Crippen LogP contribution >= 0.6 is 0 Å². The smallest absolute Gasteiger partial charge is 0.289 e. The Hall–Kier alpha value is -1.78. The van der Waals surface area contributed by atoms with Crippen LogP contribution in [0.4, 0.5) is 0 Å². The predicted molar refractivity (Wildman–Crippen MR) is 66.0 cm³/mol. The maximum absolute atomic E-state index is 12.0. The van der Waals surface area contributed by atoms with E-state index in [0.717, 1.165) is 0 Å². The maximum Gasteiger partial charge on any atom is 0.289 e. The van der Waals surface area contributed by atoms with Gasteiger partial charge in [-0.2, -0.15) is 0 Å². The van der Waals surface area contributed by atoms with E-state index in [0.29, 0.717) is 31.9 Å². The summed E-state index contributed by atoms with van der Waals surface area (Å²) in [5.74, 6) is 0.424. The molecule has 2 heterocycles. The van der Waals surface area contributed by atoms with Crippen LogP contribution in [0.1, 0.15) is 24.4 Å². The van der Waals surface area contributed by atoms with Gasteiger partial charge in [-0.3, -0.25) is 9.59 Å². The van der Waals surface area contributed by atoms with Crippen LogP contribution in [-0.4, -0.2) is 47.8 Å². The zero-order valence-corrected chi connectivity index (χ0v) is 10.8.